The van der Waals surface area contributed by atoms with Gasteiger partial charge < -0.3 is 9.47 Å². The van der Waals surface area contributed by atoms with Crippen LogP contribution in [-0.4, -0.2) is 18.8 Å². The Kier molecular flexibility index (Phi) is 3.39. The average molecular weight is 206 g/mol. The van der Waals surface area contributed by atoms with E-state index in [0.717, 1.165) is 6.61 Å². The quantitative estimate of drug-likeness (QED) is 0.691. The van der Waals surface area contributed by atoms with Gasteiger partial charge in [-0.25, -0.2) is 0 Å². The smallest absolute Gasteiger partial charge is 0.0886 e. The third-order valence-electron chi connectivity index (χ3n) is 2.81. The SMILES string of the molecule is CC(COCc1ccccc1)C1OC1C. The Balaban J connectivity index is 1.67. The van der Waals surface area contributed by atoms with Crippen molar-refractivity contribution in [1.29, 1.82) is 0 Å². The van der Waals surface area contributed by atoms with Crippen molar-refractivity contribution in [2.45, 2.75) is 32.7 Å². The first-order chi connectivity index (χ1) is 7.27. The molecular weight excluding hydrogens is 188 g/mol. The third kappa shape index (κ3) is 3.05. The van der Waals surface area contributed by atoms with E-state index in [1.54, 1.807) is 0 Å². The van der Waals surface area contributed by atoms with Gasteiger partial charge in [0.1, 0.15) is 0 Å². The van der Waals surface area contributed by atoms with Crippen LogP contribution in [0.3, 0.4) is 0 Å². The molecule has 15 heavy (non-hydrogen) atoms. The Morgan fingerprint density at radius 3 is 2.60 bits per heavy atom. The second kappa shape index (κ2) is 4.77. The zero-order valence-corrected chi connectivity index (χ0v) is 9.35. The molecule has 2 heteroatoms. The number of ether oxygens (including phenoxy) is 2. The van der Waals surface area contributed by atoms with Gasteiger partial charge in [-0.1, -0.05) is 37.3 Å². The summed E-state index contributed by atoms with van der Waals surface area (Å²) < 4.78 is 11.1. The van der Waals surface area contributed by atoms with Gasteiger partial charge in [0.05, 0.1) is 25.4 Å². The van der Waals surface area contributed by atoms with Gasteiger partial charge in [0.2, 0.25) is 0 Å². The predicted octanol–water partition coefficient (Wildman–Crippen LogP) is 2.63. The van der Waals surface area contributed by atoms with Crippen LogP contribution in [0.1, 0.15) is 19.4 Å². The fourth-order valence-electron chi connectivity index (χ4n) is 1.83. The lowest BCUT2D eigenvalue weighted by Crippen LogP contribution is -2.13. The van der Waals surface area contributed by atoms with Crippen LogP contribution < -0.4 is 0 Å². The van der Waals surface area contributed by atoms with Crippen molar-refractivity contribution in [3.05, 3.63) is 35.9 Å². The maximum absolute atomic E-state index is 5.65. The van der Waals surface area contributed by atoms with Crippen molar-refractivity contribution in [1.82, 2.24) is 0 Å². The van der Waals surface area contributed by atoms with Gasteiger partial charge in [-0.3, -0.25) is 0 Å². The minimum absolute atomic E-state index is 0.417. The van der Waals surface area contributed by atoms with Crippen LogP contribution in [0, 0.1) is 5.92 Å². The molecule has 0 aromatic heterocycles. The highest BCUT2D eigenvalue weighted by molar-refractivity contribution is 5.13. The standard InChI is InChI=1S/C13H18O2/c1-10(13-11(2)15-13)8-14-9-12-6-4-3-5-7-12/h3-7,10-11,13H,8-9H2,1-2H3. The number of rotatable bonds is 5. The Morgan fingerprint density at radius 2 is 2.00 bits per heavy atom. The molecule has 0 bridgehead atoms. The molecule has 2 nitrogen and oxygen atoms in total. The normalized spacial score (nSPS) is 26.3. The van der Waals surface area contributed by atoms with Crippen molar-refractivity contribution in [3.63, 3.8) is 0 Å². The maximum atomic E-state index is 5.65. The van der Waals surface area contributed by atoms with Crippen LogP contribution in [0.15, 0.2) is 30.3 Å². The molecule has 0 aliphatic carbocycles. The van der Waals surface area contributed by atoms with Crippen molar-refractivity contribution in [2.75, 3.05) is 6.61 Å². The summed E-state index contributed by atoms with van der Waals surface area (Å²) in [7, 11) is 0. The van der Waals surface area contributed by atoms with E-state index < -0.39 is 0 Å². The molecule has 0 saturated carbocycles. The van der Waals surface area contributed by atoms with Gasteiger partial charge in [-0.05, 0) is 12.5 Å². The van der Waals surface area contributed by atoms with Gasteiger partial charge in [0.15, 0.2) is 0 Å². The van der Waals surface area contributed by atoms with Gasteiger partial charge in [0, 0.05) is 5.92 Å². The summed E-state index contributed by atoms with van der Waals surface area (Å²) >= 11 is 0. The molecule has 3 atom stereocenters. The minimum Gasteiger partial charge on any atom is -0.376 e. The molecule has 1 aromatic carbocycles. The summed E-state index contributed by atoms with van der Waals surface area (Å²) in [5.74, 6) is 0.503. The van der Waals surface area contributed by atoms with Crippen molar-refractivity contribution in [2.24, 2.45) is 5.92 Å². The van der Waals surface area contributed by atoms with E-state index in [0.29, 0.717) is 24.7 Å². The van der Waals surface area contributed by atoms with E-state index >= 15 is 0 Å². The molecule has 82 valence electrons. The summed E-state index contributed by atoms with van der Waals surface area (Å²) in [5, 5.41) is 0. The lowest BCUT2D eigenvalue weighted by molar-refractivity contribution is 0.0825. The largest absolute Gasteiger partial charge is 0.376 e. The topological polar surface area (TPSA) is 21.8 Å². The molecule has 1 fully saturated rings. The molecule has 1 aliphatic heterocycles. The fraction of sp³-hybridized carbons (Fsp3) is 0.538. The van der Waals surface area contributed by atoms with Crippen LogP contribution in [0.2, 0.25) is 0 Å². The molecular formula is C13H18O2. The summed E-state index contributed by atoms with van der Waals surface area (Å²) in [5.41, 5.74) is 1.23. The molecule has 0 radical (unpaired) electrons. The Hall–Kier alpha value is -0.860. The Bertz CT molecular complexity index is 297. The van der Waals surface area contributed by atoms with Crippen LogP contribution >= 0.6 is 0 Å². The lowest BCUT2D eigenvalue weighted by atomic mass is 10.1. The highest BCUT2D eigenvalue weighted by Crippen LogP contribution is 2.28. The molecule has 0 amide bonds. The Morgan fingerprint density at radius 1 is 1.33 bits per heavy atom. The molecule has 2 rings (SSSR count). The number of benzene rings is 1. The zero-order chi connectivity index (χ0) is 10.7. The van der Waals surface area contributed by atoms with E-state index in [1.807, 2.05) is 18.2 Å². The predicted molar refractivity (Wildman–Crippen MR) is 59.6 cm³/mol. The van der Waals surface area contributed by atoms with Crippen LogP contribution in [-0.2, 0) is 16.1 Å². The summed E-state index contributed by atoms with van der Waals surface area (Å²) in [6, 6.07) is 10.3. The van der Waals surface area contributed by atoms with Crippen molar-refractivity contribution < 1.29 is 9.47 Å². The number of hydrogen-bond donors (Lipinski definition) is 0. The van der Waals surface area contributed by atoms with E-state index in [-0.39, 0.29) is 0 Å². The highest BCUT2D eigenvalue weighted by Gasteiger charge is 2.38. The molecule has 1 aliphatic rings. The fourth-order valence-corrected chi connectivity index (χ4v) is 1.83. The Labute approximate surface area is 91.2 Å². The van der Waals surface area contributed by atoms with E-state index in [4.69, 9.17) is 9.47 Å². The first-order valence-electron chi connectivity index (χ1n) is 5.54. The van der Waals surface area contributed by atoms with Gasteiger partial charge in [-0.15, -0.1) is 0 Å². The average Bonchev–Trinajstić information content (AvgIpc) is 2.97. The molecule has 0 spiro atoms. The number of hydrogen-bond acceptors (Lipinski definition) is 2. The van der Waals surface area contributed by atoms with Crippen LogP contribution in [0.25, 0.3) is 0 Å². The maximum Gasteiger partial charge on any atom is 0.0886 e. The van der Waals surface area contributed by atoms with Crippen molar-refractivity contribution in [3.8, 4) is 0 Å². The van der Waals surface area contributed by atoms with Gasteiger partial charge in [-0.2, -0.15) is 0 Å². The number of epoxide rings is 1. The minimum atomic E-state index is 0.417. The van der Waals surface area contributed by atoms with E-state index in [2.05, 4.69) is 26.0 Å². The molecule has 1 aromatic rings. The first-order valence-corrected chi connectivity index (χ1v) is 5.54. The summed E-state index contributed by atoms with van der Waals surface area (Å²) in [6.45, 7) is 5.77. The second-order valence-electron chi connectivity index (χ2n) is 4.28. The van der Waals surface area contributed by atoms with E-state index in [9.17, 15) is 0 Å². The zero-order valence-electron chi connectivity index (χ0n) is 9.35. The molecule has 0 N–H and O–H groups in total. The van der Waals surface area contributed by atoms with Crippen LogP contribution in [0.4, 0.5) is 0 Å². The third-order valence-corrected chi connectivity index (χ3v) is 2.81. The summed E-state index contributed by atoms with van der Waals surface area (Å²) in [6.07, 6.45) is 0.848. The monoisotopic (exact) mass is 206 g/mol. The molecule has 1 saturated heterocycles. The van der Waals surface area contributed by atoms with E-state index in [1.165, 1.54) is 5.56 Å². The summed E-state index contributed by atoms with van der Waals surface area (Å²) in [4.78, 5) is 0. The molecule has 3 unspecified atom stereocenters. The van der Waals surface area contributed by atoms with Crippen molar-refractivity contribution >= 4 is 0 Å². The first kappa shape index (κ1) is 10.7. The lowest BCUT2D eigenvalue weighted by Gasteiger charge is -2.09. The van der Waals surface area contributed by atoms with Gasteiger partial charge >= 0.3 is 0 Å². The second-order valence-corrected chi connectivity index (χ2v) is 4.28. The molecule has 1 heterocycles. The van der Waals surface area contributed by atoms with Crippen LogP contribution in [0.5, 0.6) is 0 Å². The highest BCUT2D eigenvalue weighted by atomic mass is 16.6. The van der Waals surface area contributed by atoms with Gasteiger partial charge in [0.25, 0.3) is 0 Å².